The number of nitrogens with zero attached hydrogens (tertiary/aromatic N) is 4. The fourth-order valence-electron chi connectivity index (χ4n) is 3.19. The van der Waals surface area contributed by atoms with Crippen molar-refractivity contribution in [2.45, 2.75) is 32.6 Å². The number of likely N-dealkylation sites (tertiary alicyclic amines) is 1. The van der Waals surface area contributed by atoms with Gasteiger partial charge in [-0.15, -0.1) is 24.0 Å². The number of hydrogen-bond donors (Lipinski definition) is 2. The monoisotopic (exact) mass is 532 g/mol. The molecule has 1 aliphatic heterocycles. The van der Waals surface area contributed by atoms with E-state index in [2.05, 4.69) is 37.6 Å². The van der Waals surface area contributed by atoms with Crippen LogP contribution in [0.25, 0.3) is 11.4 Å². The Labute approximate surface area is 194 Å². The number of nitrogens with one attached hydrogen (secondary N) is 2. The standard InChI is InChI=1S/C20H29ClN6O.HI/c1-2-22-20(24-12-15-27-13-4-3-5-14-27)23-11-10-18-25-19(26-28-18)16-6-8-17(21)9-7-16;/h6-9H,2-5,10-15H2,1H3,(H2,22,23,24);1H. The maximum Gasteiger partial charge on any atom is 0.228 e. The van der Waals surface area contributed by atoms with Crippen molar-refractivity contribution in [1.29, 1.82) is 0 Å². The van der Waals surface area contributed by atoms with E-state index in [4.69, 9.17) is 16.1 Å². The smallest absolute Gasteiger partial charge is 0.228 e. The van der Waals surface area contributed by atoms with Crippen LogP contribution in [0.5, 0.6) is 0 Å². The maximum atomic E-state index is 5.92. The Bertz CT molecular complexity index is 746. The molecule has 3 rings (SSSR count). The van der Waals surface area contributed by atoms with Crippen LogP contribution in [0.4, 0.5) is 0 Å². The summed E-state index contributed by atoms with van der Waals surface area (Å²) in [5.74, 6) is 2.01. The molecule has 160 valence electrons. The maximum absolute atomic E-state index is 5.92. The van der Waals surface area contributed by atoms with Crippen LogP contribution < -0.4 is 10.6 Å². The number of aromatic nitrogens is 2. The van der Waals surface area contributed by atoms with Gasteiger partial charge < -0.3 is 20.1 Å². The average molecular weight is 533 g/mol. The minimum absolute atomic E-state index is 0. The van der Waals surface area contributed by atoms with Gasteiger partial charge in [0.25, 0.3) is 0 Å². The lowest BCUT2D eigenvalue weighted by Crippen LogP contribution is -2.39. The second kappa shape index (κ2) is 13.0. The Morgan fingerprint density at radius 1 is 1.17 bits per heavy atom. The molecule has 0 bridgehead atoms. The van der Waals surface area contributed by atoms with E-state index in [9.17, 15) is 0 Å². The molecule has 0 saturated carbocycles. The van der Waals surface area contributed by atoms with Crippen LogP contribution in [0.15, 0.2) is 33.8 Å². The summed E-state index contributed by atoms with van der Waals surface area (Å²) in [4.78, 5) is 11.6. The molecule has 0 unspecified atom stereocenters. The fraction of sp³-hybridized carbons (Fsp3) is 0.550. The Kier molecular flexibility index (Phi) is 10.7. The Morgan fingerprint density at radius 2 is 1.93 bits per heavy atom. The summed E-state index contributed by atoms with van der Waals surface area (Å²) in [5, 5.41) is 11.4. The third kappa shape index (κ3) is 8.10. The van der Waals surface area contributed by atoms with Crippen molar-refractivity contribution in [3.05, 3.63) is 35.2 Å². The van der Waals surface area contributed by atoms with Crippen LogP contribution in [-0.2, 0) is 6.42 Å². The quantitative estimate of drug-likeness (QED) is 0.307. The van der Waals surface area contributed by atoms with Gasteiger partial charge in [0.1, 0.15) is 0 Å². The first-order valence-corrected chi connectivity index (χ1v) is 10.5. The highest BCUT2D eigenvalue weighted by Gasteiger charge is 2.10. The molecule has 1 aromatic heterocycles. The molecule has 1 aliphatic rings. The molecule has 0 atom stereocenters. The minimum atomic E-state index is 0. The molecule has 9 heteroatoms. The normalized spacial score (nSPS) is 15.0. The number of rotatable bonds is 8. The number of piperidine rings is 1. The van der Waals surface area contributed by atoms with E-state index in [1.54, 1.807) is 0 Å². The molecule has 0 radical (unpaired) electrons. The first kappa shape index (κ1) is 23.9. The summed E-state index contributed by atoms with van der Waals surface area (Å²) in [6, 6.07) is 7.40. The lowest BCUT2D eigenvalue weighted by atomic mass is 10.1. The number of guanidine groups is 1. The van der Waals surface area contributed by atoms with Gasteiger partial charge >= 0.3 is 0 Å². The molecule has 1 saturated heterocycles. The van der Waals surface area contributed by atoms with Crippen molar-refractivity contribution in [2.75, 3.05) is 39.3 Å². The van der Waals surface area contributed by atoms with Gasteiger partial charge in [0.2, 0.25) is 11.7 Å². The van der Waals surface area contributed by atoms with Gasteiger partial charge in [0.05, 0.1) is 6.54 Å². The van der Waals surface area contributed by atoms with Crippen molar-refractivity contribution in [3.63, 3.8) is 0 Å². The predicted molar refractivity (Wildman–Crippen MR) is 128 cm³/mol. The summed E-state index contributed by atoms with van der Waals surface area (Å²) >= 11 is 5.92. The van der Waals surface area contributed by atoms with E-state index in [1.807, 2.05) is 24.3 Å². The van der Waals surface area contributed by atoms with Crippen LogP contribution in [0.2, 0.25) is 5.02 Å². The zero-order chi connectivity index (χ0) is 19.6. The summed E-state index contributed by atoms with van der Waals surface area (Å²) in [6.45, 7) is 7.80. The van der Waals surface area contributed by atoms with Gasteiger partial charge in [-0.1, -0.05) is 23.2 Å². The van der Waals surface area contributed by atoms with Crippen molar-refractivity contribution < 1.29 is 4.52 Å². The number of benzene rings is 1. The molecule has 1 fully saturated rings. The number of halogens is 2. The SMILES string of the molecule is CCNC(=NCCN1CCCCC1)NCCc1nc(-c2ccc(Cl)cc2)no1.I. The minimum Gasteiger partial charge on any atom is -0.357 e. The second-order valence-corrected chi connectivity index (χ2v) is 7.29. The largest absolute Gasteiger partial charge is 0.357 e. The van der Waals surface area contributed by atoms with Crippen LogP contribution >= 0.6 is 35.6 Å². The zero-order valence-corrected chi connectivity index (χ0v) is 20.0. The van der Waals surface area contributed by atoms with Crippen LogP contribution in [0.3, 0.4) is 0 Å². The van der Waals surface area contributed by atoms with Crippen LogP contribution in [0.1, 0.15) is 32.1 Å². The van der Waals surface area contributed by atoms with Gasteiger partial charge in [0, 0.05) is 36.6 Å². The van der Waals surface area contributed by atoms with Gasteiger partial charge in [-0.2, -0.15) is 4.98 Å². The molecule has 2 N–H and O–H groups in total. The molecular weight excluding hydrogens is 503 g/mol. The number of aliphatic imine (C=N–C) groups is 1. The van der Waals surface area contributed by atoms with E-state index in [1.165, 1.54) is 32.4 Å². The zero-order valence-electron chi connectivity index (χ0n) is 16.9. The highest BCUT2D eigenvalue weighted by Crippen LogP contribution is 2.18. The van der Waals surface area contributed by atoms with Crippen LogP contribution in [-0.4, -0.2) is 60.3 Å². The van der Waals surface area contributed by atoms with E-state index < -0.39 is 0 Å². The molecule has 0 spiro atoms. The van der Waals surface area contributed by atoms with Gasteiger partial charge in [0.15, 0.2) is 5.96 Å². The van der Waals surface area contributed by atoms with Gasteiger partial charge in [-0.05, 0) is 57.1 Å². The molecular formula is C20H30ClIN6O. The summed E-state index contributed by atoms with van der Waals surface area (Å²) < 4.78 is 5.35. The first-order valence-electron chi connectivity index (χ1n) is 10.1. The molecule has 2 aromatic rings. The van der Waals surface area contributed by atoms with Crippen molar-refractivity contribution >= 4 is 41.5 Å². The van der Waals surface area contributed by atoms with Crippen molar-refractivity contribution in [2.24, 2.45) is 4.99 Å². The highest BCUT2D eigenvalue weighted by molar-refractivity contribution is 14.0. The second-order valence-electron chi connectivity index (χ2n) is 6.86. The van der Waals surface area contributed by atoms with Crippen molar-refractivity contribution in [3.8, 4) is 11.4 Å². The van der Waals surface area contributed by atoms with Gasteiger partial charge in [-0.3, -0.25) is 4.99 Å². The molecule has 0 aliphatic carbocycles. The number of hydrogen-bond acceptors (Lipinski definition) is 5. The molecule has 2 heterocycles. The van der Waals surface area contributed by atoms with Gasteiger partial charge in [-0.25, -0.2) is 0 Å². The average Bonchev–Trinajstić information content (AvgIpc) is 3.18. The Hall–Kier alpha value is -1.39. The fourth-order valence-corrected chi connectivity index (χ4v) is 3.31. The predicted octanol–water partition coefficient (Wildman–Crippen LogP) is 3.59. The summed E-state index contributed by atoms with van der Waals surface area (Å²) in [6.07, 6.45) is 4.62. The molecule has 29 heavy (non-hydrogen) atoms. The first-order chi connectivity index (χ1) is 13.7. The third-order valence-corrected chi connectivity index (χ3v) is 4.93. The summed E-state index contributed by atoms with van der Waals surface area (Å²) in [7, 11) is 0. The van der Waals surface area contributed by atoms with Crippen LogP contribution in [0, 0.1) is 0 Å². The lowest BCUT2D eigenvalue weighted by molar-refractivity contribution is 0.235. The Morgan fingerprint density at radius 3 is 2.66 bits per heavy atom. The van der Waals surface area contributed by atoms with E-state index >= 15 is 0 Å². The Balaban J connectivity index is 0.00000300. The van der Waals surface area contributed by atoms with Crippen molar-refractivity contribution in [1.82, 2.24) is 25.7 Å². The summed E-state index contributed by atoms with van der Waals surface area (Å²) in [5.41, 5.74) is 0.889. The van der Waals surface area contributed by atoms with E-state index in [-0.39, 0.29) is 24.0 Å². The third-order valence-electron chi connectivity index (χ3n) is 4.68. The lowest BCUT2D eigenvalue weighted by Gasteiger charge is -2.25. The highest BCUT2D eigenvalue weighted by atomic mass is 127. The van der Waals surface area contributed by atoms with E-state index in [0.29, 0.717) is 29.7 Å². The molecule has 1 aromatic carbocycles. The topological polar surface area (TPSA) is 78.6 Å². The molecule has 7 nitrogen and oxygen atoms in total. The van der Waals surface area contributed by atoms with E-state index in [0.717, 1.165) is 31.2 Å². The molecule has 0 amide bonds.